The van der Waals surface area contributed by atoms with Crippen LogP contribution < -0.4 is 5.73 Å². The molecule has 2 N–H and O–H groups in total. The number of nitrogens with zero attached hydrogens (tertiary/aromatic N) is 2. The molecular formula is C13H19N3O2. The van der Waals surface area contributed by atoms with Crippen LogP contribution in [0.5, 0.6) is 0 Å². The van der Waals surface area contributed by atoms with Gasteiger partial charge in [0.1, 0.15) is 17.2 Å². The fourth-order valence-electron chi connectivity index (χ4n) is 2.39. The zero-order valence-corrected chi connectivity index (χ0v) is 10.8. The quantitative estimate of drug-likeness (QED) is 0.812. The summed E-state index contributed by atoms with van der Waals surface area (Å²) < 4.78 is 4.62. The van der Waals surface area contributed by atoms with E-state index < -0.39 is 5.97 Å². The molecule has 0 amide bonds. The van der Waals surface area contributed by atoms with E-state index in [1.54, 1.807) is 0 Å². The zero-order valence-electron chi connectivity index (χ0n) is 10.8. The lowest BCUT2D eigenvalue weighted by Crippen LogP contribution is -2.16. The summed E-state index contributed by atoms with van der Waals surface area (Å²) in [6.07, 6.45) is 6.07. The Hall–Kier alpha value is -1.65. The van der Waals surface area contributed by atoms with Crippen molar-refractivity contribution >= 4 is 11.8 Å². The molecule has 0 radical (unpaired) electrons. The molecule has 1 fully saturated rings. The molecule has 5 heteroatoms. The summed E-state index contributed by atoms with van der Waals surface area (Å²) in [4.78, 5) is 19.9. The van der Waals surface area contributed by atoms with E-state index in [4.69, 9.17) is 5.73 Å². The molecule has 1 aromatic heterocycles. The Bertz CT molecular complexity index is 440. The lowest BCUT2D eigenvalue weighted by atomic mass is 9.82. The molecule has 1 heterocycles. The number of carbonyl (C=O) groups is 1. The molecule has 0 saturated heterocycles. The van der Waals surface area contributed by atoms with Crippen molar-refractivity contribution in [3.8, 4) is 0 Å². The third-order valence-corrected chi connectivity index (χ3v) is 3.62. The molecule has 0 atom stereocenters. The van der Waals surface area contributed by atoms with Crippen molar-refractivity contribution in [1.82, 2.24) is 9.97 Å². The highest BCUT2D eigenvalue weighted by atomic mass is 16.5. The van der Waals surface area contributed by atoms with Crippen LogP contribution in [0, 0.1) is 5.92 Å². The fraction of sp³-hybridized carbons (Fsp3) is 0.615. The summed E-state index contributed by atoms with van der Waals surface area (Å²) in [5, 5.41) is 0. The highest BCUT2D eigenvalue weighted by Crippen LogP contribution is 2.34. The van der Waals surface area contributed by atoms with E-state index in [0.29, 0.717) is 5.92 Å². The maximum absolute atomic E-state index is 11.4. The number of carbonyl (C=O) groups excluding carboxylic acids is 1. The van der Waals surface area contributed by atoms with Crippen molar-refractivity contribution in [2.75, 3.05) is 12.8 Å². The minimum Gasteiger partial charge on any atom is -0.465 e. The number of nitrogens with two attached hydrogens (primary N) is 1. The van der Waals surface area contributed by atoms with Crippen LogP contribution in [0.4, 0.5) is 5.82 Å². The molecule has 0 unspecified atom stereocenters. The molecule has 1 aliphatic carbocycles. The first-order valence-electron chi connectivity index (χ1n) is 6.32. The summed E-state index contributed by atoms with van der Waals surface area (Å²) in [6.45, 7) is 2.27. The molecule has 0 bridgehead atoms. The van der Waals surface area contributed by atoms with Gasteiger partial charge in [-0.1, -0.05) is 19.8 Å². The minimum absolute atomic E-state index is 0.213. The third kappa shape index (κ3) is 2.60. The first-order chi connectivity index (χ1) is 8.61. The molecule has 1 aliphatic rings. The van der Waals surface area contributed by atoms with Crippen molar-refractivity contribution in [2.24, 2.45) is 5.92 Å². The van der Waals surface area contributed by atoms with E-state index in [-0.39, 0.29) is 11.4 Å². The van der Waals surface area contributed by atoms with Gasteiger partial charge in [-0.3, -0.25) is 0 Å². The maximum Gasteiger partial charge on any atom is 0.343 e. The molecule has 1 saturated carbocycles. The SMILES string of the molecule is COC(=O)c1cnc(C2CCC(C)CC2)nc1N. The highest BCUT2D eigenvalue weighted by Gasteiger charge is 2.23. The summed E-state index contributed by atoms with van der Waals surface area (Å²) >= 11 is 0. The van der Waals surface area contributed by atoms with Crippen molar-refractivity contribution in [2.45, 2.75) is 38.5 Å². The van der Waals surface area contributed by atoms with Crippen LogP contribution in [-0.4, -0.2) is 23.0 Å². The largest absolute Gasteiger partial charge is 0.465 e. The minimum atomic E-state index is -0.490. The van der Waals surface area contributed by atoms with E-state index in [1.807, 2.05) is 0 Å². The van der Waals surface area contributed by atoms with Gasteiger partial charge in [0.15, 0.2) is 0 Å². The van der Waals surface area contributed by atoms with Gasteiger partial charge in [-0.05, 0) is 18.8 Å². The van der Waals surface area contributed by atoms with Gasteiger partial charge in [0.05, 0.1) is 7.11 Å². The number of hydrogen-bond acceptors (Lipinski definition) is 5. The number of ether oxygens (including phenoxy) is 1. The number of aromatic nitrogens is 2. The monoisotopic (exact) mass is 249 g/mol. The molecule has 0 aromatic carbocycles. The first-order valence-corrected chi connectivity index (χ1v) is 6.32. The molecule has 18 heavy (non-hydrogen) atoms. The summed E-state index contributed by atoms with van der Waals surface area (Å²) in [5.74, 6) is 1.64. The van der Waals surface area contributed by atoms with E-state index in [0.717, 1.165) is 24.6 Å². The Labute approximate surface area is 107 Å². The van der Waals surface area contributed by atoms with Crippen molar-refractivity contribution in [3.63, 3.8) is 0 Å². The average Bonchev–Trinajstić information content (AvgIpc) is 2.38. The normalized spacial score (nSPS) is 23.7. The molecule has 2 rings (SSSR count). The van der Waals surface area contributed by atoms with E-state index >= 15 is 0 Å². The fourth-order valence-corrected chi connectivity index (χ4v) is 2.39. The third-order valence-electron chi connectivity index (χ3n) is 3.62. The number of nitrogen functional groups attached to an aromatic ring is 1. The predicted octanol–water partition coefficient (Wildman–Crippen LogP) is 2.14. The van der Waals surface area contributed by atoms with Gasteiger partial charge in [0, 0.05) is 12.1 Å². The second-order valence-corrected chi connectivity index (χ2v) is 4.98. The molecule has 1 aromatic rings. The van der Waals surface area contributed by atoms with Gasteiger partial charge in [0.25, 0.3) is 0 Å². The summed E-state index contributed by atoms with van der Waals surface area (Å²) in [6, 6.07) is 0. The first kappa shape index (κ1) is 12.8. The van der Waals surface area contributed by atoms with E-state index in [2.05, 4.69) is 21.6 Å². The van der Waals surface area contributed by atoms with Crippen molar-refractivity contribution < 1.29 is 9.53 Å². The number of anilines is 1. The standard InChI is InChI=1S/C13H19N3O2/c1-8-3-5-9(6-4-8)12-15-7-10(11(14)16-12)13(17)18-2/h7-9H,3-6H2,1-2H3,(H2,14,15,16). The van der Waals surface area contributed by atoms with Crippen LogP contribution in [0.1, 0.15) is 54.7 Å². The molecule has 5 nitrogen and oxygen atoms in total. The van der Waals surface area contributed by atoms with Crippen molar-refractivity contribution in [1.29, 1.82) is 0 Å². The number of hydrogen-bond donors (Lipinski definition) is 1. The Morgan fingerprint density at radius 2 is 2.06 bits per heavy atom. The summed E-state index contributed by atoms with van der Waals surface area (Å²) in [5.41, 5.74) is 6.02. The predicted molar refractivity (Wildman–Crippen MR) is 68.2 cm³/mol. The maximum atomic E-state index is 11.4. The van der Waals surface area contributed by atoms with Crippen molar-refractivity contribution in [3.05, 3.63) is 17.6 Å². The lowest BCUT2D eigenvalue weighted by molar-refractivity contribution is 0.0601. The van der Waals surface area contributed by atoms with Crippen LogP contribution in [0.15, 0.2) is 6.20 Å². The Balaban J connectivity index is 2.16. The molecule has 0 aliphatic heterocycles. The Morgan fingerprint density at radius 1 is 1.39 bits per heavy atom. The number of rotatable bonds is 2. The molecule has 0 spiro atoms. The van der Waals surface area contributed by atoms with Gasteiger partial charge in [-0.15, -0.1) is 0 Å². The molecular weight excluding hydrogens is 230 g/mol. The van der Waals surface area contributed by atoms with Crippen LogP contribution >= 0.6 is 0 Å². The van der Waals surface area contributed by atoms with Crippen LogP contribution in [0.25, 0.3) is 0 Å². The molecule has 98 valence electrons. The highest BCUT2D eigenvalue weighted by molar-refractivity contribution is 5.93. The van der Waals surface area contributed by atoms with E-state index in [9.17, 15) is 4.79 Å². The van der Waals surface area contributed by atoms with Gasteiger partial charge >= 0.3 is 5.97 Å². The second kappa shape index (κ2) is 5.33. The van der Waals surface area contributed by atoms with Gasteiger partial charge in [-0.25, -0.2) is 14.8 Å². The number of esters is 1. The number of methoxy groups -OCH3 is 1. The Morgan fingerprint density at radius 3 is 2.61 bits per heavy atom. The average molecular weight is 249 g/mol. The van der Waals surface area contributed by atoms with Crippen LogP contribution in [0.3, 0.4) is 0 Å². The smallest absolute Gasteiger partial charge is 0.343 e. The van der Waals surface area contributed by atoms with Gasteiger partial charge in [-0.2, -0.15) is 0 Å². The van der Waals surface area contributed by atoms with Gasteiger partial charge in [0.2, 0.25) is 0 Å². The lowest BCUT2D eigenvalue weighted by Gasteiger charge is -2.25. The Kier molecular flexibility index (Phi) is 3.79. The topological polar surface area (TPSA) is 78.1 Å². The van der Waals surface area contributed by atoms with Crippen LogP contribution in [0.2, 0.25) is 0 Å². The van der Waals surface area contributed by atoms with Crippen LogP contribution in [-0.2, 0) is 4.74 Å². The summed E-state index contributed by atoms with van der Waals surface area (Å²) in [7, 11) is 1.32. The van der Waals surface area contributed by atoms with Gasteiger partial charge < -0.3 is 10.5 Å². The zero-order chi connectivity index (χ0) is 13.1. The van der Waals surface area contributed by atoms with E-state index in [1.165, 1.54) is 26.1 Å². The second-order valence-electron chi connectivity index (χ2n) is 4.98.